The van der Waals surface area contributed by atoms with Gasteiger partial charge in [0.1, 0.15) is 5.82 Å². The van der Waals surface area contributed by atoms with E-state index in [0.29, 0.717) is 17.1 Å². The number of nitrogens with one attached hydrogen (secondary N) is 2. The summed E-state index contributed by atoms with van der Waals surface area (Å²) in [6.45, 7) is 2.92. The molecule has 2 fully saturated rings. The Bertz CT molecular complexity index is 608. The minimum Gasteiger partial charge on any atom is -0.354 e. The van der Waals surface area contributed by atoms with E-state index in [1.165, 1.54) is 45.2 Å². The molecule has 0 radical (unpaired) electrons. The first-order valence-corrected chi connectivity index (χ1v) is 10.6. The van der Waals surface area contributed by atoms with Crippen LogP contribution in [-0.2, 0) is 6.54 Å². The van der Waals surface area contributed by atoms with Crippen LogP contribution >= 0.6 is 15.9 Å². The van der Waals surface area contributed by atoms with Gasteiger partial charge in [-0.25, -0.2) is 4.39 Å². The molecule has 4 nitrogen and oxygen atoms in total. The smallest absolute Gasteiger partial charge is 0.191 e. The Morgan fingerprint density at radius 2 is 1.92 bits per heavy atom. The van der Waals surface area contributed by atoms with Gasteiger partial charge in [0.25, 0.3) is 0 Å². The Morgan fingerprint density at radius 1 is 1.19 bits per heavy atom. The van der Waals surface area contributed by atoms with Crippen LogP contribution in [0.5, 0.6) is 0 Å². The summed E-state index contributed by atoms with van der Waals surface area (Å²) in [6.07, 6.45) is 9.29. The molecule has 2 aliphatic rings. The standard InChI is InChI=1S/C20H30BrFN4/c1-23-20(24-14-15-7-8-18(21)19(22)13-15)25-16-9-11-26(12-10-16)17-5-3-2-4-6-17/h7-8,13,16-17H,2-6,9-12,14H2,1H3,(H2,23,24,25). The first-order valence-electron chi connectivity index (χ1n) is 9.81. The van der Waals surface area contributed by atoms with Crippen molar-refractivity contribution in [3.8, 4) is 0 Å². The topological polar surface area (TPSA) is 39.7 Å². The van der Waals surface area contributed by atoms with E-state index in [2.05, 4.69) is 36.5 Å². The highest BCUT2D eigenvalue weighted by molar-refractivity contribution is 9.10. The van der Waals surface area contributed by atoms with Gasteiger partial charge in [-0.15, -0.1) is 0 Å². The maximum absolute atomic E-state index is 13.6. The fourth-order valence-electron chi connectivity index (χ4n) is 4.08. The molecular weight excluding hydrogens is 395 g/mol. The summed E-state index contributed by atoms with van der Waals surface area (Å²) in [6, 6.07) is 6.48. The SMILES string of the molecule is CN=C(NCc1ccc(Br)c(F)c1)NC1CCN(C2CCCCC2)CC1. The third kappa shape index (κ3) is 5.43. The Kier molecular flexibility index (Phi) is 7.32. The van der Waals surface area contributed by atoms with Gasteiger partial charge in [0.15, 0.2) is 5.96 Å². The van der Waals surface area contributed by atoms with E-state index in [1.807, 2.05) is 6.07 Å². The van der Waals surface area contributed by atoms with Crippen molar-refractivity contribution in [1.29, 1.82) is 0 Å². The highest BCUT2D eigenvalue weighted by atomic mass is 79.9. The number of guanidine groups is 1. The predicted octanol–water partition coefficient (Wildman–Crippen LogP) is 4.05. The minimum atomic E-state index is -0.234. The molecule has 0 spiro atoms. The largest absolute Gasteiger partial charge is 0.354 e. The summed E-state index contributed by atoms with van der Waals surface area (Å²) in [5, 5.41) is 6.83. The summed E-state index contributed by atoms with van der Waals surface area (Å²) in [4.78, 5) is 7.02. The minimum absolute atomic E-state index is 0.234. The van der Waals surface area contributed by atoms with E-state index < -0.39 is 0 Å². The Balaban J connectivity index is 1.43. The van der Waals surface area contributed by atoms with Gasteiger partial charge in [-0.1, -0.05) is 25.3 Å². The molecule has 1 heterocycles. The van der Waals surface area contributed by atoms with Gasteiger partial charge in [0, 0.05) is 38.8 Å². The second kappa shape index (κ2) is 9.70. The molecule has 0 aromatic heterocycles. The lowest BCUT2D eigenvalue weighted by molar-refractivity contribution is 0.119. The number of benzene rings is 1. The van der Waals surface area contributed by atoms with Crippen LogP contribution in [0.15, 0.2) is 27.7 Å². The van der Waals surface area contributed by atoms with E-state index in [9.17, 15) is 4.39 Å². The van der Waals surface area contributed by atoms with Crippen LogP contribution in [0, 0.1) is 5.82 Å². The fourth-order valence-corrected chi connectivity index (χ4v) is 4.33. The Labute approximate surface area is 164 Å². The summed E-state index contributed by atoms with van der Waals surface area (Å²) >= 11 is 3.19. The average molecular weight is 425 g/mol. The molecule has 0 unspecified atom stereocenters. The molecule has 6 heteroatoms. The normalized spacial score (nSPS) is 21.0. The van der Waals surface area contributed by atoms with Crippen LogP contribution in [0.1, 0.15) is 50.5 Å². The molecule has 1 aromatic carbocycles. The molecule has 2 N–H and O–H groups in total. The molecule has 0 atom stereocenters. The van der Waals surface area contributed by atoms with Gasteiger partial charge in [0.2, 0.25) is 0 Å². The van der Waals surface area contributed by atoms with E-state index in [4.69, 9.17) is 0 Å². The van der Waals surface area contributed by atoms with Crippen molar-refractivity contribution in [3.63, 3.8) is 0 Å². The number of nitrogens with zero attached hydrogens (tertiary/aromatic N) is 2. The van der Waals surface area contributed by atoms with Gasteiger partial charge < -0.3 is 15.5 Å². The third-order valence-electron chi connectivity index (χ3n) is 5.63. The molecule has 1 saturated carbocycles. The van der Waals surface area contributed by atoms with Gasteiger partial charge >= 0.3 is 0 Å². The van der Waals surface area contributed by atoms with Crippen LogP contribution in [0.4, 0.5) is 4.39 Å². The molecule has 1 aliphatic carbocycles. The lowest BCUT2D eigenvalue weighted by Crippen LogP contribution is -2.50. The molecule has 0 bridgehead atoms. The van der Waals surface area contributed by atoms with E-state index in [-0.39, 0.29) is 5.82 Å². The molecule has 1 aromatic rings. The zero-order valence-electron chi connectivity index (χ0n) is 15.6. The Hall–Kier alpha value is -1.14. The summed E-state index contributed by atoms with van der Waals surface area (Å²) in [5.74, 6) is 0.562. The number of rotatable bonds is 4. The lowest BCUT2D eigenvalue weighted by atomic mass is 9.92. The molecule has 0 amide bonds. The molecule has 1 aliphatic heterocycles. The van der Waals surface area contributed by atoms with E-state index in [1.54, 1.807) is 19.2 Å². The lowest BCUT2D eigenvalue weighted by Gasteiger charge is -2.39. The Morgan fingerprint density at radius 3 is 2.58 bits per heavy atom. The van der Waals surface area contributed by atoms with Crippen molar-refractivity contribution < 1.29 is 4.39 Å². The summed E-state index contributed by atoms with van der Waals surface area (Å²) in [7, 11) is 1.79. The van der Waals surface area contributed by atoms with Crippen LogP contribution in [0.2, 0.25) is 0 Å². The van der Waals surface area contributed by atoms with Crippen LogP contribution in [0.3, 0.4) is 0 Å². The predicted molar refractivity (Wildman–Crippen MR) is 109 cm³/mol. The van der Waals surface area contributed by atoms with Crippen molar-refractivity contribution in [2.24, 2.45) is 4.99 Å². The van der Waals surface area contributed by atoms with Crippen molar-refractivity contribution in [2.45, 2.75) is 63.6 Å². The maximum atomic E-state index is 13.6. The third-order valence-corrected chi connectivity index (χ3v) is 6.27. The molecule has 144 valence electrons. The highest BCUT2D eigenvalue weighted by Gasteiger charge is 2.26. The van der Waals surface area contributed by atoms with Gasteiger partial charge in [-0.05, 0) is 59.3 Å². The highest BCUT2D eigenvalue weighted by Crippen LogP contribution is 2.25. The van der Waals surface area contributed by atoms with Gasteiger partial charge in [0.05, 0.1) is 4.47 Å². The number of piperidine rings is 1. The zero-order valence-corrected chi connectivity index (χ0v) is 17.2. The number of halogens is 2. The van der Waals surface area contributed by atoms with Gasteiger partial charge in [-0.2, -0.15) is 0 Å². The van der Waals surface area contributed by atoms with Crippen molar-refractivity contribution >= 4 is 21.9 Å². The second-order valence-electron chi connectivity index (χ2n) is 7.42. The number of hydrogen-bond donors (Lipinski definition) is 2. The molecular formula is C20H30BrFN4. The maximum Gasteiger partial charge on any atom is 0.191 e. The number of hydrogen-bond acceptors (Lipinski definition) is 2. The molecule has 1 saturated heterocycles. The van der Waals surface area contributed by atoms with Crippen LogP contribution in [0.25, 0.3) is 0 Å². The average Bonchev–Trinajstić information content (AvgIpc) is 2.69. The summed E-state index contributed by atoms with van der Waals surface area (Å²) in [5.41, 5.74) is 0.903. The quantitative estimate of drug-likeness (QED) is 0.565. The molecule has 26 heavy (non-hydrogen) atoms. The van der Waals surface area contributed by atoms with Gasteiger partial charge in [-0.3, -0.25) is 4.99 Å². The first-order chi connectivity index (χ1) is 12.7. The fraction of sp³-hybridized carbons (Fsp3) is 0.650. The van der Waals surface area contributed by atoms with Crippen molar-refractivity contribution in [2.75, 3.05) is 20.1 Å². The first kappa shape index (κ1) is 19.6. The van der Waals surface area contributed by atoms with Crippen molar-refractivity contribution in [1.82, 2.24) is 15.5 Å². The van der Waals surface area contributed by atoms with Crippen molar-refractivity contribution in [3.05, 3.63) is 34.1 Å². The summed E-state index contributed by atoms with van der Waals surface area (Å²) < 4.78 is 14.1. The number of aliphatic imine (C=N–C) groups is 1. The zero-order chi connectivity index (χ0) is 18.4. The monoisotopic (exact) mass is 424 g/mol. The molecule has 3 rings (SSSR count). The van der Waals surface area contributed by atoms with E-state index in [0.717, 1.165) is 30.4 Å². The van der Waals surface area contributed by atoms with E-state index >= 15 is 0 Å². The second-order valence-corrected chi connectivity index (χ2v) is 8.27. The van der Waals surface area contributed by atoms with Crippen LogP contribution < -0.4 is 10.6 Å². The van der Waals surface area contributed by atoms with Crippen LogP contribution in [-0.4, -0.2) is 43.1 Å². The number of likely N-dealkylation sites (tertiary alicyclic amines) is 1.